The Morgan fingerprint density at radius 3 is 2.29 bits per heavy atom. The van der Waals surface area contributed by atoms with Gasteiger partial charge < -0.3 is 9.47 Å². The van der Waals surface area contributed by atoms with Gasteiger partial charge in [0.25, 0.3) is 5.79 Å². The highest BCUT2D eigenvalue weighted by Gasteiger charge is 2.45. The van der Waals surface area contributed by atoms with Crippen LogP contribution in [0.15, 0.2) is 30.3 Å². The van der Waals surface area contributed by atoms with Crippen molar-refractivity contribution in [2.24, 2.45) is 0 Å². The Morgan fingerprint density at radius 1 is 1.18 bits per heavy atom. The normalized spacial score (nSPS) is 17.8. The monoisotopic (exact) mass is 231 g/mol. The number of carbonyl (C=O) groups is 2. The molecule has 0 radical (unpaired) electrons. The molecule has 2 rings (SSSR count). The van der Waals surface area contributed by atoms with E-state index < -0.39 is 24.1 Å². The van der Waals surface area contributed by atoms with E-state index in [9.17, 15) is 9.59 Å². The fourth-order valence-corrected chi connectivity index (χ4v) is 1.67. The van der Waals surface area contributed by atoms with Crippen LogP contribution in [0, 0.1) is 11.3 Å². The van der Waals surface area contributed by atoms with E-state index in [1.165, 1.54) is 0 Å². The molecule has 1 aliphatic rings. The van der Waals surface area contributed by atoms with Crippen molar-refractivity contribution in [1.82, 2.24) is 0 Å². The molecule has 1 fully saturated rings. The second kappa shape index (κ2) is 4.26. The van der Waals surface area contributed by atoms with Crippen molar-refractivity contribution in [2.75, 3.05) is 0 Å². The summed E-state index contributed by atoms with van der Waals surface area (Å²) in [6.07, 6.45) is -0.644. The fourth-order valence-electron chi connectivity index (χ4n) is 1.67. The summed E-state index contributed by atoms with van der Waals surface area (Å²) < 4.78 is 10.1. The molecule has 0 aromatic heterocycles. The van der Waals surface area contributed by atoms with Crippen molar-refractivity contribution in [3.63, 3.8) is 0 Å². The molecule has 5 heteroatoms. The lowest BCUT2D eigenvalue weighted by molar-refractivity contribution is -0.248. The summed E-state index contributed by atoms with van der Waals surface area (Å²) in [4.78, 5) is 22.6. The van der Waals surface area contributed by atoms with Crippen molar-refractivity contribution >= 4 is 11.9 Å². The van der Waals surface area contributed by atoms with E-state index >= 15 is 0 Å². The lowest BCUT2D eigenvalue weighted by Crippen LogP contribution is -2.42. The number of cyclic esters (lactones) is 2. The van der Waals surface area contributed by atoms with Crippen LogP contribution in [0.5, 0.6) is 0 Å². The number of carbonyl (C=O) groups excluding carboxylic acids is 2. The maximum Gasteiger partial charge on any atom is 0.320 e. The first-order chi connectivity index (χ1) is 8.16. The van der Waals surface area contributed by atoms with E-state index in [1.807, 2.05) is 6.07 Å². The molecule has 1 aliphatic heterocycles. The minimum Gasteiger partial charge on any atom is -0.416 e. The Kier molecular flexibility index (Phi) is 2.79. The zero-order chi connectivity index (χ0) is 12.3. The molecule has 1 aromatic rings. The highest BCUT2D eigenvalue weighted by atomic mass is 16.7. The van der Waals surface area contributed by atoms with Gasteiger partial charge in [0, 0.05) is 5.56 Å². The molecular weight excluding hydrogens is 222 g/mol. The molecule has 5 nitrogen and oxygen atoms in total. The number of hydrogen-bond acceptors (Lipinski definition) is 5. The van der Waals surface area contributed by atoms with Crippen LogP contribution in [-0.4, -0.2) is 11.9 Å². The summed E-state index contributed by atoms with van der Waals surface area (Å²) in [5, 5.41) is 8.78. The van der Waals surface area contributed by atoms with Crippen LogP contribution < -0.4 is 0 Å². The quantitative estimate of drug-likeness (QED) is 0.565. The topological polar surface area (TPSA) is 76.4 Å². The van der Waals surface area contributed by atoms with Gasteiger partial charge in [-0.15, -0.1) is 0 Å². The van der Waals surface area contributed by atoms with E-state index in [0.29, 0.717) is 5.56 Å². The molecule has 0 atom stereocenters. The van der Waals surface area contributed by atoms with Crippen LogP contribution in [0.25, 0.3) is 0 Å². The SMILES string of the molecule is N#CCC1(c2ccccc2)OC(=O)CC(=O)O1. The third kappa shape index (κ3) is 2.11. The molecule has 1 aromatic carbocycles. The molecule has 0 spiro atoms. The van der Waals surface area contributed by atoms with E-state index in [-0.39, 0.29) is 6.42 Å². The predicted octanol–water partition coefficient (Wildman–Crippen LogP) is 1.24. The molecule has 0 bridgehead atoms. The zero-order valence-electron chi connectivity index (χ0n) is 8.88. The Hall–Kier alpha value is -2.35. The Labute approximate surface area is 97.6 Å². The highest BCUT2D eigenvalue weighted by Crippen LogP contribution is 2.34. The molecular formula is C12H9NO4. The number of ether oxygens (including phenoxy) is 2. The number of nitriles is 1. The molecule has 1 saturated heterocycles. The Balaban J connectivity index is 2.43. The lowest BCUT2D eigenvalue weighted by atomic mass is 10.0. The molecule has 0 N–H and O–H groups in total. The minimum absolute atomic E-state index is 0.228. The van der Waals surface area contributed by atoms with Crippen molar-refractivity contribution in [3.05, 3.63) is 35.9 Å². The average Bonchev–Trinajstić information content (AvgIpc) is 2.29. The van der Waals surface area contributed by atoms with Crippen LogP contribution in [-0.2, 0) is 24.8 Å². The summed E-state index contributed by atoms with van der Waals surface area (Å²) >= 11 is 0. The van der Waals surface area contributed by atoms with Gasteiger partial charge in [-0.2, -0.15) is 5.26 Å². The highest BCUT2D eigenvalue weighted by molar-refractivity contribution is 5.93. The zero-order valence-corrected chi connectivity index (χ0v) is 8.88. The van der Waals surface area contributed by atoms with Gasteiger partial charge in [0.2, 0.25) is 0 Å². The predicted molar refractivity (Wildman–Crippen MR) is 55.2 cm³/mol. The standard InChI is InChI=1S/C12H9NO4/c13-7-6-12(9-4-2-1-3-5-9)16-10(14)8-11(15)17-12/h1-5H,6,8H2. The van der Waals surface area contributed by atoms with Crippen molar-refractivity contribution in [3.8, 4) is 6.07 Å². The van der Waals surface area contributed by atoms with Gasteiger partial charge in [0.05, 0.1) is 6.07 Å². The van der Waals surface area contributed by atoms with E-state index in [1.54, 1.807) is 30.3 Å². The maximum absolute atomic E-state index is 11.3. The van der Waals surface area contributed by atoms with Crippen molar-refractivity contribution < 1.29 is 19.1 Å². The molecule has 0 aliphatic carbocycles. The molecule has 1 heterocycles. The first-order valence-corrected chi connectivity index (χ1v) is 5.02. The number of benzene rings is 1. The van der Waals surface area contributed by atoms with Gasteiger partial charge in [0.1, 0.15) is 12.8 Å². The summed E-state index contributed by atoms with van der Waals surface area (Å²) in [7, 11) is 0. The summed E-state index contributed by atoms with van der Waals surface area (Å²) in [5.41, 5.74) is 0.475. The van der Waals surface area contributed by atoms with E-state index in [2.05, 4.69) is 0 Å². The van der Waals surface area contributed by atoms with Gasteiger partial charge in [-0.3, -0.25) is 9.59 Å². The summed E-state index contributed by atoms with van der Waals surface area (Å²) in [5.74, 6) is -2.96. The number of rotatable bonds is 2. The van der Waals surface area contributed by atoms with Crippen LogP contribution in [0.4, 0.5) is 0 Å². The largest absolute Gasteiger partial charge is 0.416 e. The van der Waals surface area contributed by atoms with Gasteiger partial charge >= 0.3 is 11.9 Å². The lowest BCUT2D eigenvalue weighted by Gasteiger charge is -2.34. The van der Waals surface area contributed by atoms with E-state index in [4.69, 9.17) is 14.7 Å². The molecule has 17 heavy (non-hydrogen) atoms. The second-order valence-corrected chi connectivity index (χ2v) is 3.58. The van der Waals surface area contributed by atoms with Gasteiger partial charge in [-0.05, 0) is 0 Å². The average molecular weight is 231 g/mol. The minimum atomic E-state index is -1.59. The smallest absolute Gasteiger partial charge is 0.320 e. The fraction of sp³-hybridized carbons (Fsp3) is 0.250. The maximum atomic E-state index is 11.3. The molecule has 0 amide bonds. The van der Waals surface area contributed by atoms with Gasteiger partial charge in [0.15, 0.2) is 0 Å². The molecule has 0 saturated carbocycles. The first kappa shape index (κ1) is 11.1. The first-order valence-electron chi connectivity index (χ1n) is 5.02. The third-order valence-corrected chi connectivity index (χ3v) is 2.37. The van der Waals surface area contributed by atoms with Gasteiger partial charge in [-0.1, -0.05) is 30.3 Å². The van der Waals surface area contributed by atoms with Crippen LogP contribution in [0.3, 0.4) is 0 Å². The van der Waals surface area contributed by atoms with Crippen LogP contribution in [0.2, 0.25) is 0 Å². The Morgan fingerprint density at radius 2 is 1.76 bits per heavy atom. The summed E-state index contributed by atoms with van der Waals surface area (Å²) in [6, 6.07) is 10.3. The molecule has 86 valence electrons. The van der Waals surface area contributed by atoms with E-state index in [0.717, 1.165) is 0 Å². The van der Waals surface area contributed by atoms with Gasteiger partial charge in [-0.25, -0.2) is 0 Å². The number of esters is 2. The van der Waals surface area contributed by atoms with Crippen molar-refractivity contribution in [1.29, 1.82) is 5.26 Å². The summed E-state index contributed by atoms with van der Waals surface area (Å²) in [6.45, 7) is 0. The molecule has 0 unspecified atom stereocenters. The number of nitrogens with zero attached hydrogens (tertiary/aromatic N) is 1. The Bertz CT molecular complexity index is 473. The van der Waals surface area contributed by atoms with Crippen molar-refractivity contribution in [2.45, 2.75) is 18.6 Å². The second-order valence-electron chi connectivity index (χ2n) is 3.58. The van der Waals surface area contributed by atoms with Crippen LogP contribution >= 0.6 is 0 Å². The third-order valence-electron chi connectivity index (χ3n) is 2.37. The van der Waals surface area contributed by atoms with Crippen LogP contribution in [0.1, 0.15) is 18.4 Å². The number of hydrogen-bond donors (Lipinski definition) is 0.